The van der Waals surface area contributed by atoms with Crippen molar-refractivity contribution in [3.63, 3.8) is 0 Å². The van der Waals surface area contributed by atoms with Crippen LogP contribution in [0.15, 0.2) is 97.2 Å². The molecule has 394 valence electrons. The van der Waals surface area contributed by atoms with Crippen molar-refractivity contribution in [2.75, 3.05) is 13.2 Å². The molecule has 0 N–H and O–H groups in total. The molecule has 0 bridgehead atoms. The molecule has 0 aromatic heterocycles. The van der Waals surface area contributed by atoms with Crippen LogP contribution in [0.5, 0.6) is 0 Å². The van der Waals surface area contributed by atoms with E-state index in [-0.39, 0.29) is 37.5 Å². The molecular weight excluding hydrogens is 853 g/mol. The van der Waals surface area contributed by atoms with E-state index >= 15 is 0 Å². The van der Waals surface area contributed by atoms with Gasteiger partial charge in [0.2, 0.25) is 0 Å². The fraction of sp³-hybridized carbons (Fsp3) is 0.698. The molecule has 0 saturated carbocycles. The number of hydrogen-bond acceptors (Lipinski definition) is 6. The van der Waals surface area contributed by atoms with Crippen LogP contribution >= 0.6 is 0 Å². The smallest absolute Gasteiger partial charge is 0.306 e. The van der Waals surface area contributed by atoms with E-state index in [0.29, 0.717) is 19.3 Å². The van der Waals surface area contributed by atoms with Gasteiger partial charge < -0.3 is 14.2 Å². The van der Waals surface area contributed by atoms with Crippen molar-refractivity contribution in [2.24, 2.45) is 0 Å². The third kappa shape index (κ3) is 55.1. The van der Waals surface area contributed by atoms with E-state index in [1.807, 2.05) is 6.08 Å². The molecule has 0 radical (unpaired) electrons. The lowest BCUT2D eigenvalue weighted by atomic mass is 10.1. The van der Waals surface area contributed by atoms with Crippen LogP contribution in [0, 0.1) is 0 Å². The van der Waals surface area contributed by atoms with Crippen LogP contribution in [0.4, 0.5) is 0 Å². The number of carbonyl (C=O) groups is 3. The van der Waals surface area contributed by atoms with Crippen molar-refractivity contribution in [1.29, 1.82) is 0 Å². The standard InChI is InChI=1S/C63H106O6/c1-4-7-10-13-16-19-22-25-28-30-31-33-35-38-41-44-47-50-53-56-62(65)68-59-60(58-67-61(64)55-52-49-46-43-40-37-34-27-24-21-18-15-12-9-6-3)69-63(66)57-54-51-48-45-42-39-36-32-29-26-23-20-17-14-11-8-5-2/h7,10,16,19,25-29,31,33-34,38,41,47,50,60H,4-6,8-9,11-15,17-18,20-24,30,32,35-37,39-40,42-46,48-49,51-59H2,1-3H3/b10-7-,19-16-,28-25-,29-26-,33-31-,34-27-,41-38-,50-47-/t60-/m1/s1. The summed E-state index contributed by atoms with van der Waals surface area (Å²) in [5, 5.41) is 0. The second-order valence-corrected chi connectivity index (χ2v) is 18.8. The number of hydrogen-bond donors (Lipinski definition) is 0. The summed E-state index contributed by atoms with van der Waals surface area (Å²) in [4.78, 5) is 38.1. The molecule has 0 spiro atoms. The van der Waals surface area contributed by atoms with Gasteiger partial charge in [0.05, 0.1) is 0 Å². The summed E-state index contributed by atoms with van der Waals surface area (Å²) >= 11 is 0. The predicted molar refractivity (Wildman–Crippen MR) is 297 cm³/mol. The van der Waals surface area contributed by atoms with Crippen molar-refractivity contribution in [3.05, 3.63) is 97.2 Å². The fourth-order valence-electron chi connectivity index (χ4n) is 7.75. The second kappa shape index (κ2) is 56.9. The molecule has 0 unspecified atom stereocenters. The number of ether oxygens (including phenoxy) is 3. The lowest BCUT2D eigenvalue weighted by Gasteiger charge is -2.18. The highest BCUT2D eigenvalue weighted by Gasteiger charge is 2.19. The number of esters is 3. The topological polar surface area (TPSA) is 78.9 Å². The predicted octanol–water partition coefficient (Wildman–Crippen LogP) is 19.3. The number of carbonyl (C=O) groups excluding carboxylic acids is 3. The molecule has 0 rings (SSSR count). The molecule has 0 aromatic carbocycles. The Morgan fingerprint density at radius 1 is 0.304 bits per heavy atom. The molecule has 0 heterocycles. The molecule has 69 heavy (non-hydrogen) atoms. The molecule has 0 fully saturated rings. The minimum Gasteiger partial charge on any atom is -0.462 e. The maximum Gasteiger partial charge on any atom is 0.306 e. The second-order valence-electron chi connectivity index (χ2n) is 18.8. The Morgan fingerprint density at radius 2 is 0.594 bits per heavy atom. The third-order valence-electron chi connectivity index (χ3n) is 12.1. The van der Waals surface area contributed by atoms with Gasteiger partial charge in [-0.25, -0.2) is 0 Å². The molecular formula is C63H106O6. The van der Waals surface area contributed by atoms with E-state index in [4.69, 9.17) is 14.2 Å². The Labute approximate surface area is 426 Å². The van der Waals surface area contributed by atoms with Gasteiger partial charge in [-0.3, -0.25) is 14.4 Å². The monoisotopic (exact) mass is 959 g/mol. The van der Waals surface area contributed by atoms with Crippen molar-refractivity contribution in [3.8, 4) is 0 Å². The van der Waals surface area contributed by atoms with Crippen molar-refractivity contribution in [2.45, 2.75) is 271 Å². The summed E-state index contributed by atoms with van der Waals surface area (Å²) in [5.74, 6) is -1.00. The van der Waals surface area contributed by atoms with E-state index in [9.17, 15) is 14.4 Å². The van der Waals surface area contributed by atoms with E-state index < -0.39 is 6.10 Å². The summed E-state index contributed by atoms with van der Waals surface area (Å²) in [6, 6.07) is 0. The maximum absolute atomic E-state index is 12.9. The summed E-state index contributed by atoms with van der Waals surface area (Å²) in [7, 11) is 0. The van der Waals surface area contributed by atoms with Gasteiger partial charge in [-0.05, 0) is 109 Å². The van der Waals surface area contributed by atoms with Crippen LogP contribution in [-0.2, 0) is 28.6 Å². The first kappa shape index (κ1) is 65.3. The van der Waals surface area contributed by atoms with Gasteiger partial charge in [-0.1, -0.05) is 234 Å². The van der Waals surface area contributed by atoms with Crippen molar-refractivity contribution < 1.29 is 28.6 Å². The maximum atomic E-state index is 12.9. The zero-order valence-corrected chi connectivity index (χ0v) is 45.0. The zero-order valence-electron chi connectivity index (χ0n) is 45.0. The molecule has 0 aromatic rings. The zero-order chi connectivity index (χ0) is 50.0. The van der Waals surface area contributed by atoms with Crippen LogP contribution < -0.4 is 0 Å². The molecule has 1 atom stereocenters. The summed E-state index contributed by atoms with van der Waals surface area (Å²) in [5.41, 5.74) is 0. The lowest BCUT2D eigenvalue weighted by Crippen LogP contribution is -2.30. The SMILES string of the molecule is CC/C=C\C/C=C\C/C=C\C/C=C\C/C=C\C/C=C\CCC(=O)OC[C@@H](COC(=O)CCCCCCC/C=C\CCCCCCCC)OC(=O)CCCCCCCCC/C=C\CCCCCCCC. The van der Waals surface area contributed by atoms with Crippen LogP contribution in [0.25, 0.3) is 0 Å². The van der Waals surface area contributed by atoms with Crippen molar-refractivity contribution in [1.82, 2.24) is 0 Å². The lowest BCUT2D eigenvalue weighted by molar-refractivity contribution is -0.166. The highest BCUT2D eigenvalue weighted by atomic mass is 16.6. The van der Waals surface area contributed by atoms with Gasteiger partial charge in [-0.2, -0.15) is 0 Å². The first-order valence-corrected chi connectivity index (χ1v) is 28.7. The normalized spacial score (nSPS) is 12.8. The van der Waals surface area contributed by atoms with Crippen LogP contribution in [0.2, 0.25) is 0 Å². The van der Waals surface area contributed by atoms with Gasteiger partial charge in [-0.15, -0.1) is 0 Å². The van der Waals surface area contributed by atoms with E-state index in [1.54, 1.807) is 0 Å². The quantitative estimate of drug-likeness (QED) is 0.0262. The molecule has 0 saturated heterocycles. The average molecular weight is 960 g/mol. The minimum absolute atomic E-state index is 0.107. The summed E-state index contributed by atoms with van der Waals surface area (Å²) in [6.45, 7) is 6.45. The number of unbranched alkanes of at least 4 members (excludes halogenated alkanes) is 24. The van der Waals surface area contributed by atoms with Crippen LogP contribution in [0.3, 0.4) is 0 Å². The highest BCUT2D eigenvalue weighted by molar-refractivity contribution is 5.71. The fourth-order valence-corrected chi connectivity index (χ4v) is 7.75. The van der Waals surface area contributed by atoms with E-state index in [0.717, 1.165) is 89.9 Å². The third-order valence-corrected chi connectivity index (χ3v) is 12.1. The number of rotatable bonds is 51. The molecule has 0 amide bonds. The van der Waals surface area contributed by atoms with E-state index in [2.05, 4.69) is 112 Å². The minimum atomic E-state index is -0.815. The first-order chi connectivity index (χ1) is 34.0. The molecule has 0 aliphatic heterocycles. The van der Waals surface area contributed by atoms with Crippen LogP contribution in [0.1, 0.15) is 265 Å². The van der Waals surface area contributed by atoms with Gasteiger partial charge in [0.25, 0.3) is 0 Å². The van der Waals surface area contributed by atoms with Gasteiger partial charge in [0, 0.05) is 19.3 Å². The Morgan fingerprint density at radius 3 is 0.971 bits per heavy atom. The molecule has 6 nitrogen and oxygen atoms in total. The molecule has 6 heteroatoms. The highest BCUT2D eigenvalue weighted by Crippen LogP contribution is 2.14. The Bertz CT molecular complexity index is 1380. The van der Waals surface area contributed by atoms with Crippen LogP contribution in [-0.4, -0.2) is 37.2 Å². The number of allylic oxidation sites excluding steroid dienone is 16. The van der Waals surface area contributed by atoms with Gasteiger partial charge in [0.1, 0.15) is 13.2 Å². The van der Waals surface area contributed by atoms with Crippen molar-refractivity contribution >= 4 is 17.9 Å². The van der Waals surface area contributed by atoms with E-state index in [1.165, 1.54) is 128 Å². The summed E-state index contributed by atoms with van der Waals surface area (Å²) < 4.78 is 16.8. The largest absolute Gasteiger partial charge is 0.462 e. The Balaban J connectivity index is 4.52. The summed E-state index contributed by atoms with van der Waals surface area (Å²) in [6.07, 6.45) is 75.5. The molecule has 0 aliphatic carbocycles. The van der Waals surface area contributed by atoms with Gasteiger partial charge in [0.15, 0.2) is 6.10 Å². The van der Waals surface area contributed by atoms with Gasteiger partial charge >= 0.3 is 17.9 Å². The molecule has 0 aliphatic rings. The Kier molecular flexibility index (Phi) is 53.9. The average Bonchev–Trinajstić information content (AvgIpc) is 3.35. The first-order valence-electron chi connectivity index (χ1n) is 28.7. The Hall–Kier alpha value is -3.67.